The molecule has 0 amide bonds. The summed E-state index contributed by atoms with van der Waals surface area (Å²) in [6.45, 7) is 5.58. The Labute approximate surface area is 152 Å². The van der Waals surface area contributed by atoms with Gasteiger partial charge in [0, 0.05) is 36.2 Å². The highest BCUT2D eigenvalue weighted by molar-refractivity contribution is 9.10. The fourth-order valence-electron chi connectivity index (χ4n) is 2.80. The van der Waals surface area contributed by atoms with Crippen LogP contribution in [0.5, 0.6) is 5.75 Å². The lowest BCUT2D eigenvalue weighted by Crippen LogP contribution is -2.49. The summed E-state index contributed by atoms with van der Waals surface area (Å²) in [7, 11) is -1.65. The van der Waals surface area contributed by atoms with Gasteiger partial charge in [0.2, 0.25) is 10.0 Å². The molecule has 0 radical (unpaired) electrons. The second kappa shape index (κ2) is 8.62. The molecule has 0 spiro atoms. The second-order valence-corrected chi connectivity index (χ2v) is 9.03. The highest BCUT2D eigenvalue weighted by Crippen LogP contribution is 2.22. The first-order chi connectivity index (χ1) is 11.3. The van der Waals surface area contributed by atoms with Gasteiger partial charge in [-0.25, -0.2) is 8.42 Å². The summed E-state index contributed by atoms with van der Waals surface area (Å²) in [5.41, 5.74) is 0.984. The maximum absolute atomic E-state index is 12.5. The van der Waals surface area contributed by atoms with Gasteiger partial charge in [-0.15, -0.1) is 0 Å². The summed E-state index contributed by atoms with van der Waals surface area (Å²) in [6.07, 6.45) is -0.134. The minimum absolute atomic E-state index is 0.0672. The van der Waals surface area contributed by atoms with Crippen LogP contribution in [0.1, 0.15) is 19.4 Å². The standard InChI is InChI=1S/C16H25BrN2O4S/c1-12-10-19(11-13(2)23-12)24(20,21)7-6-18-9-14-8-15(17)4-5-16(14)22-3/h4-5,8,12-13,18H,6-7,9-11H2,1-3H3. The lowest BCUT2D eigenvalue weighted by atomic mass is 10.2. The average Bonchev–Trinajstić information content (AvgIpc) is 2.51. The number of sulfonamides is 1. The average molecular weight is 421 g/mol. The molecule has 1 saturated heterocycles. The fraction of sp³-hybridized carbons (Fsp3) is 0.625. The van der Waals surface area contributed by atoms with E-state index in [9.17, 15) is 8.42 Å². The molecule has 0 aliphatic carbocycles. The van der Waals surface area contributed by atoms with Gasteiger partial charge in [-0.1, -0.05) is 15.9 Å². The lowest BCUT2D eigenvalue weighted by Gasteiger charge is -2.34. The predicted octanol–water partition coefficient (Wildman–Crippen LogP) is 1.99. The molecule has 1 N–H and O–H groups in total. The normalized spacial score (nSPS) is 22.5. The molecule has 0 aromatic heterocycles. The van der Waals surface area contributed by atoms with Crippen molar-refractivity contribution in [2.75, 3.05) is 32.5 Å². The minimum atomic E-state index is -3.28. The van der Waals surface area contributed by atoms with Crippen LogP contribution in [0.15, 0.2) is 22.7 Å². The zero-order chi connectivity index (χ0) is 17.7. The summed E-state index contributed by atoms with van der Waals surface area (Å²) in [5.74, 6) is 0.854. The Kier molecular flexibility index (Phi) is 7.06. The van der Waals surface area contributed by atoms with Crippen LogP contribution in [0.3, 0.4) is 0 Å². The molecule has 136 valence electrons. The summed E-state index contributed by atoms with van der Waals surface area (Å²) < 4.78 is 38.3. The number of nitrogens with one attached hydrogen (secondary N) is 1. The van der Waals surface area contributed by atoms with E-state index in [1.807, 2.05) is 32.0 Å². The van der Waals surface area contributed by atoms with Crippen molar-refractivity contribution in [3.05, 3.63) is 28.2 Å². The number of ether oxygens (including phenoxy) is 2. The van der Waals surface area contributed by atoms with Crippen molar-refractivity contribution in [2.24, 2.45) is 0 Å². The van der Waals surface area contributed by atoms with Crippen LogP contribution >= 0.6 is 15.9 Å². The van der Waals surface area contributed by atoms with E-state index in [2.05, 4.69) is 21.2 Å². The molecule has 1 fully saturated rings. The van der Waals surface area contributed by atoms with Crippen LogP contribution in [0.4, 0.5) is 0 Å². The number of benzene rings is 1. The van der Waals surface area contributed by atoms with Crippen LogP contribution in [-0.2, 0) is 21.3 Å². The van der Waals surface area contributed by atoms with Gasteiger partial charge in [-0.05, 0) is 32.0 Å². The Morgan fingerprint density at radius 3 is 2.62 bits per heavy atom. The Morgan fingerprint density at radius 2 is 2.00 bits per heavy atom. The molecule has 0 bridgehead atoms. The maximum atomic E-state index is 12.5. The summed E-state index contributed by atoms with van der Waals surface area (Å²) in [5, 5.41) is 3.18. The SMILES string of the molecule is COc1ccc(Br)cc1CNCCS(=O)(=O)N1CC(C)OC(C)C1. The van der Waals surface area contributed by atoms with Crippen molar-refractivity contribution in [3.8, 4) is 5.75 Å². The second-order valence-electron chi connectivity index (χ2n) is 6.02. The molecule has 1 aliphatic heterocycles. The molecule has 2 atom stereocenters. The minimum Gasteiger partial charge on any atom is -0.496 e. The van der Waals surface area contributed by atoms with Crippen molar-refractivity contribution in [1.29, 1.82) is 0 Å². The molecule has 1 aliphatic rings. The maximum Gasteiger partial charge on any atom is 0.215 e. The van der Waals surface area contributed by atoms with Crippen LogP contribution in [-0.4, -0.2) is 57.4 Å². The van der Waals surface area contributed by atoms with Gasteiger partial charge in [0.25, 0.3) is 0 Å². The van der Waals surface area contributed by atoms with Crippen molar-refractivity contribution in [3.63, 3.8) is 0 Å². The third-order valence-corrected chi connectivity index (χ3v) is 6.17. The topological polar surface area (TPSA) is 67.9 Å². The van der Waals surface area contributed by atoms with Crippen molar-refractivity contribution in [2.45, 2.75) is 32.6 Å². The first kappa shape index (κ1) is 19.7. The van der Waals surface area contributed by atoms with E-state index in [1.54, 1.807) is 7.11 Å². The summed E-state index contributed by atoms with van der Waals surface area (Å²) in [6, 6.07) is 5.76. The molecule has 1 aromatic carbocycles. The number of hydrogen-bond acceptors (Lipinski definition) is 5. The van der Waals surface area contributed by atoms with Gasteiger partial charge in [0.1, 0.15) is 5.75 Å². The van der Waals surface area contributed by atoms with Gasteiger partial charge >= 0.3 is 0 Å². The Morgan fingerprint density at radius 1 is 1.33 bits per heavy atom. The number of morpholine rings is 1. The molecule has 8 heteroatoms. The quantitative estimate of drug-likeness (QED) is 0.683. The largest absolute Gasteiger partial charge is 0.496 e. The zero-order valence-corrected chi connectivity index (χ0v) is 16.7. The highest BCUT2D eigenvalue weighted by atomic mass is 79.9. The van der Waals surface area contributed by atoms with E-state index in [1.165, 1.54) is 4.31 Å². The van der Waals surface area contributed by atoms with E-state index in [-0.39, 0.29) is 18.0 Å². The van der Waals surface area contributed by atoms with Gasteiger partial charge in [-0.3, -0.25) is 0 Å². The lowest BCUT2D eigenvalue weighted by molar-refractivity contribution is -0.0440. The number of halogens is 1. The van der Waals surface area contributed by atoms with Crippen LogP contribution in [0, 0.1) is 0 Å². The first-order valence-electron chi connectivity index (χ1n) is 7.98. The zero-order valence-electron chi connectivity index (χ0n) is 14.3. The van der Waals surface area contributed by atoms with E-state index in [0.29, 0.717) is 26.2 Å². The summed E-state index contributed by atoms with van der Waals surface area (Å²) >= 11 is 3.43. The van der Waals surface area contributed by atoms with Crippen LogP contribution < -0.4 is 10.1 Å². The van der Waals surface area contributed by atoms with E-state index < -0.39 is 10.0 Å². The Hall–Kier alpha value is -0.670. The van der Waals surface area contributed by atoms with Gasteiger partial charge < -0.3 is 14.8 Å². The molecule has 1 heterocycles. The number of rotatable bonds is 7. The van der Waals surface area contributed by atoms with Gasteiger partial charge in [0.15, 0.2) is 0 Å². The molecular weight excluding hydrogens is 396 g/mol. The molecule has 1 aromatic rings. The third kappa shape index (κ3) is 5.42. The molecule has 2 unspecified atom stereocenters. The Balaban J connectivity index is 1.86. The molecule has 24 heavy (non-hydrogen) atoms. The highest BCUT2D eigenvalue weighted by Gasteiger charge is 2.30. The monoisotopic (exact) mass is 420 g/mol. The fourth-order valence-corrected chi connectivity index (χ4v) is 4.74. The number of methoxy groups -OCH3 is 1. The van der Waals surface area contributed by atoms with Gasteiger partial charge in [0.05, 0.1) is 25.1 Å². The predicted molar refractivity (Wildman–Crippen MR) is 97.8 cm³/mol. The number of nitrogens with zero attached hydrogens (tertiary/aromatic N) is 1. The summed E-state index contributed by atoms with van der Waals surface area (Å²) in [4.78, 5) is 0. The molecular formula is C16H25BrN2O4S. The third-order valence-electron chi connectivity index (χ3n) is 3.87. The number of hydrogen-bond donors (Lipinski definition) is 1. The van der Waals surface area contributed by atoms with E-state index >= 15 is 0 Å². The molecule has 0 saturated carbocycles. The Bertz CT molecular complexity index is 643. The van der Waals surface area contributed by atoms with E-state index in [4.69, 9.17) is 9.47 Å². The van der Waals surface area contributed by atoms with Crippen molar-refractivity contribution in [1.82, 2.24) is 9.62 Å². The molecule has 6 nitrogen and oxygen atoms in total. The van der Waals surface area contributed by atoms with Gasteiger partial charge in [-0.2, -0.15) is 4.31 Å². The van der Waals surface area contributed by atoms with E-state index in [0.717, 1.165) is 15.8 Å². The molecule has 2 rings (SSSR count). The van der Waals surface area contributed by atoms with Crippen LogP contribution in [0.25, 0.3) is 0 Å². The van der Waals surface area contributed by atoms with Crippen molar-refractivity contribution < 1.29 is 17.9 Å². The smallest absolute Gasteiger partial charge is 0.215 e. The van der Waals surface area contributed by atoms with Crippen LogP contribution in [0.2, 0.25) is 0 Å². The van der Waals surface area contributed by atoms with Crippen molar-refractivity contribution >= 4 is 26.0 Å². The first-order valence-corrected chi connectivity index (χ1v) is 10.4.